The van der Waals surface area contributed by atoms with Crippen LogP contribution in [0.1, 0.15) is 18.9 Å². The Morgan fingerprint density at radius 2 is 1.72 bits per heavy atom. The van der Waals surface area contributed by atoms with Gasteiger partial charge in [0.2, 0.25) is 0 Å². The van der Waals surface area contributed by atoms with Crippen LogP contribution in [0, 0.1) is 18.2 Å². The average molecular weight is 495 g/mol. The quantitative estimate of drug-likeness (QED) is 0.335. The van der Waals surface area contributed by atoms with Gasteiger partial charge >= 0.3 is 15.5 Å². The van der Waals surface area contributed by atoms with E-state index in [-0.39, 0.29) is 37.3 Å². The van der Waals surface area contributed by atoms with E-state index in [0.29, 0.717) is 16.5 Å². The molecule has 1 atom stereocenters. The highest BCUT2D eigenvalue weighted by Crippen LogP contribution is 2.65. The number of benzene rings is 1. The SMILES string of the molecule is Cc1cc(F)c(N2CCN(S(=O)(=O)C(F)(F)F)CC2)cc1SCC1(C)CC1(Cl)Cl. The number of halogens is 6. The van der Waals surface area contributed by atoms with E-state index in [4.69, 9.17) is 23.2 Å². The van der Waals surface area contributed by atoms with Gasteiger partial charge in [-0.2, -0.15) is 17.5 Å². The van der Waals surface area contributed by atoms with Crippen molar-refractivity contribution in [2.75, 3.05) is 36.8 Å². The van der Waals surface area contributed by atoms with Gasteiger partial charge in [-0.3, -0.25) is 0 Å². The molecule has 1 aliphatic carbocycles. The lowest BCUT2D eigenvalue weighted by Gasteiger charge is -2.36. The maximum atomic E-state index is 14.5. The van der Waals surface area contributed by atoms with Crippen LogP contribution in [0.5, 0.6) is 0 Å². The van der Waals surface area contributed by atoms with E-state index >= 15 is 0 Å². The lowest BCUT2D eigenvalue weighted by atomic mass is 10.2. The minimum absolute atomic E-state index is 0.0381. The molecule has 12 heteroatoms. The van der Waals surface area contributed by atoms with Crippen molar-refractivity contribution in [3.05, 3.63) is 23.5 Å². The summed E-state index contributed by atoms with van der Waals surface area (Å²) in [5.74, 6) is 0.143. The van der Waals surface area contributed by atoms with Crippen LogP contribution in [-0.4, -0.2) is 54.5 Å². The fourth-order valence-electron chi connectivity index (χ4n) is 3.20. The van der Waals surface area contributed by atoms with E-state index in [1.165, 1.54) is 17.8 Å². The Morgan fingerprint density at radius 1 is 1.17 bits per heavy atom. The van der Waals surface area contributed by atoms with Crippen LogP contribution in [0.2, 0.25) is 0 Å². The van der Waals surface area contributed by atoms with Crippen LogP contribution in [-0.2, 0) is 10.0 Å². The third kappa shape index (κ3) is 4.46. The summed E-state index contributed by atoms with van der Waals surface area (Å²) in [6.45, 7) is 2.94. The molecule has 0 amide bonds. The largest absolute Gasteiger partial charge is 0.511 e. The van der Waals surface area contributed by atoms with Crippen LogP contribution < -0.4 is 4.90 Å². The number of hydrogen-bond donors (Lipinski definition) is 0. The summed E-state index contributed by atoms with van der Waals surface area (Å²) in [6.07, 6.45) is 0.666. The van der Waals surface area contributed by atoms with Gasteiger partial charge < -0.3 is 4.90 Å². The van der Waals surface area contributed by atoms with E-state index in [2.05, 4.69) is 0 Å². The van der Waals surface area contributed by atoms with Gasteiger partial charge in [-0.1, -0.05) is 6.92 Å². The summed E-state index contributed by atoms with van der Waals surface area (Å²) in [6, 6.07) is 3.03. The topological polar surface area (TPSA) is 40.6 Å². The summed E-state index contributed by atoms with van der Waals surface area (Å²) in [7, 11) is -5.38. The lowest BCUT2D eigenvalue weighted by molar-refractivity contribution is -0.0490. The molecule has 0 radical (unpaired) electrons. The molecule has 29 heavy (non-hydrogen) atoms. The number of anilines is 1. The first kappa shape index (κ1) is 23.2. The van der Waals surface area contributed by atoms with Crippen LogP contribution in [0.25, 0.3) is 0 Å². The molecule has 1 unspecified atom stereocenters. The molecule has 2 aliphatic rings. The molecule has 1 heterocycles. The van der Waals surface area contributed by atoms with Crippen molar-refractivity contribution in [3.8, 4) is 0 Å². The Labute approximate surface area is 181 Å². The third-order valence-electron chi connectivity index (χ3n) is 5.37. The van der Waals surface area contributed by atoms with Crippen LogP contribution in [0.15, 0.2) is 17.0 Å². The number of sulfonamides is 1. The normalized spacial score (nSPS) is 25.3. The number of nitrogens with zero attached hydrogens (tertiary/aromatic N) is 2. The zero-order valence-electron chi connectivity index (χ0n) is 15.7. The zero-order chi connectivity index (χ0) is 21.8. The van der Waals surface area contributed by atoms with E-state index in [9.17, 15) is 26.0 Å². The summed E-state index contributed by atoms with van der Waals surface area (Å²) in [5.41, 5.74) is -4.61. The van der Waals surface area contributed by atoms with Gasteiger partial charge in [0.05, 0.1) is 5.69 Å². The van der Waals surface area contributed by atoms with Gasteiger partial charge in [-0.25, -0.2) is 12.8 Å². The molecule has 1 aliphatic heterocycles. The van der Waals surface area contributed by atoms with Crippen molar-refractivity contribution in [1.82, 2.24) is 4.31 Å². The molecule has 1 aromatic rings. The van der Waals surface area contributed by atoms with Gasteiger partial charge in [0, 0.05) is 42.2 Å². The predicted octanol–water partition coefficient (Wildman–Crippen LogP) is 4.78. The highest BCUT2D eigenvalue weighted by atomic mass is 35.5. The molecular weight excluding hydrogens is 475 g/mol. The first-order chi connectivity index (χ1) is 13.2. The Morgan fingerprint density at radius 3 is 2.21 bits per heavy atom. The molecule has 1 aromatic carbocycles. The monoisotopic (exact) mass is 494 g/mol. The minimum Gasteiger partial charge on any atom is -0.366 e. The first-order valence-corrected chi connectivity index (χ1v) is 12.0. The fourth-order valence-corrected chi connectivity index (χ4v) is 6.32. The van der Waals surface area contributed by atoms with E-state index in [1.807, 2.05) is 6.92 Å². The van der Waals surface area contributed by atoms with Crippen molar-refractivity contribution in [2.24, 2.45) is 5.41 Å². The zero-order valence-corrected chi connectivity index (χ0v) is 18.8. The number of alkyl halides is 5. The molecule has 1 saturated heterocycles. The van der Waals surface area contributed by atoms with Crippen molar-refractivity contribution < 1.29 is 26.0 Å². The Bertz CT molecular complexity index is 903. The number of aryl methyl sites for hydroxylation is 1. The van der Waals surface area contributed by atoms with E-state index < -0.39 is 25.7 Å². The van der Waals surface area contributed by atoms with Crippen molar-refractivity contribution in [1.29, 1.82) is 0 Å². The molecule has 1 saturated carbocycles. The summed E-state index contributed by atoms with van der Waals surface area (Å²) >= 11 is 13.8. The first-order valence-electron chi connectivity index (χ1n) is 8.80. The highest BCUT2D eigenvalue weighted by molar-refractivity contribution is 7.99. The Balaban J connectivity index is 1.72. The number of thioether (sulfide) groups is 1. The third-order valence-corrected chi connectivity index (χ3v) is 9.71. The molecular formula is C17H20Cl2F4N2O2S2. The maximum Gasteiger partial charge on any atom is 0.511 e. The minimum atomic E-state index is -5.38. The smallest absolute Gasteiger partial charge is 0.366 e. The van der Waals surface area contributed by atoms with Gasteiger partial charge in [-0.15, -0.1) is 35.0 Å². The summed E-state index contributed by atoms with van der Waals surface area (Å²) in [5, 5.41) is 0. The van der Waals surface area contributed by atoms with Crippen LogP contribution in [0.3, 0.4) is 0 Å². The molecule has 4 nitrogen and oxygen atoms in total. The summed E-state index contributed by atoms with van der Waals surface area (Å²) < 4.78 is 75.4. The predicted molar refractivity (Wildman–Crippen MR) is 108 cm³/mol. The lowest BCUT2D eigenvalue weighted by Crippen LogP contribution is -2.52. The second kappa shape index (κ2) is 7.62. The molecule has 0 aromatic heterocycles. The number of hydrogen-bond acceptors (Lipinski definition) is 4. The van der Waals surface area contributed by atoms with Crippen LogP contribution in [0.4, 0.5) is 23.2 Å². The van der Waals surface area contributed by atoms with Gasteiger partial charge in [0.25, 0.3) is 0 Å². The van der Waals surface area contributed by atoms with Gasteiger partial charge in [0.1, 0.15) is 10.2 Å². The second-order valence-electron chi connectivity index (χ2n) is 7.64. The van der Waals surface area contributed by atoms with Gasteiger partial charge in [0.15, 0.2) is 0 Å². The molecule has 2 fully saturated rings. The standard InChI is InChI=1S/C17H20Cl2F4N2O2S2/c1-11-7-12(20)13(8-14(11)28-10-15(2)9-16(15,18)19)24-3-5-25(6-4-24)29(26,27)17(21,22)23/h7-8H,3-6,9-10H2,1-2H3. The number of rotatable bonds is 5. The average Bonchev–Trinajstić information content (AvgIpc) is 3.11. The molecule has 0 N–H and O–H groups in total. The molecule has 0 spiro atoms. The molecule has 164 valence electrons. The van der Waals surface area contributed by atoms with Crippen molar-refractivity contribution in [2.45, 2.75) is 35.0 Å². The second-order valence-corrected chi connectivity index (χ2v) is 12.1. The molecule has 0 bridgehead atoms. The van der Waals surface area contributed by atoms with E-state index in [0.717, 1.165) is 10.5 Å². The van der Waals surface area contributed by atoms with Crippen molar-refractivity contribution in [3.63, 3.8) is 0 Å². The summed E-state index contributed by atoms with van der Waals surface area (Å²) in [4.78, 5) is 2.39. The Hall–Kier alpha value is -0.420. The number of piperazine rings is 1. The maximum absolute atomic E-state index is 14.5. The van der Waals surface area contributed by atoms with Crippen molar-refractivity contribution >= 4 is 50.7 Å². The Kier molecular flexibility index (Phi) is 6.11. The highest BCUT2D eigenvalue weighted by Gasteiger charge is 2.62. The van der Waals surface area contributed by atoms with Gasteiger partial charge in [-0.05, 0) is 31.0 Å². The van der Waals surface area contributed by atoms with E-state index in [1.54, 1.807) is 17.9 Å². The fraction of sp³-hybridized carbons (Fsp3) is 0.647. The van der Waals surface area contributed by atoms with Crippen LogP contribution >= 0.6 is 35.0 Å². The molecule has 3 rings (SSSR count).